The molecular weight excluding hydrogens is 183 g/mol. The van der Waals surface area contributed by atoms with Crippen molar-refractivity contribution < 1.29 is 9.50 Å². The lowest BCUT2D eigenvalue weighted by atomic mass is 10.1. The van der Waals surface area contributed by atoms with Gasteiger partial charge in [-0.05, 0) is 18.2 Å². The Labute approximate surface area is 79.9 Å². The quantitative estimate of drug-likeness (QED) is 0.747. The van der Waals surface area contributed by atoms with Crippen LogP contribution < -0.4 is 0 Å². The maximum Gasteiger partial charge on any atom is 0.136 e. The van der Waals surface area contributed by atoms with Crippen molar-refractivity contribution in [3.05, 3.63) is 42.6 Å². The van der Waals surface area contributed by atoms with Crippen LogP contribution in [0.25, 0.3) is 11.3 Å². The molecule has 0 saturated heterocycles. The van der Waals surface area contributed by atoms with Gasteiger partial charge in [0, 0.05) is 6.20 Å². The molecule has 1 N–H and O–H groups in total. The number of phenolic OH excluding ortho intramolecular Hbond substituents is 1. The number of halogens is 1. The molecule has 0 saturated carbocycles. The molecule has 0 fully saturated rings. The van der Waals surface area contributed by atoms with Crippen LogP contribution in [-0.2, 0) is 0 Å². The minimum atomic E-state index is -0.497. The first-order valence-corrected chi connectivity index (χ1v) is 4.03. The van der Waals surface area contributed by atoms with Gasteiger partial charge in [0.1, 0.15) is 17.9 Å². The van der Waals surface area contributed by atoms with E-state index < -0.39 is 5.82 Å². The fourth-order valence-electron chi connectivity index (χ4n) is 1.20. The fraction of sp³-hybridized carbons (Fsp3) is 0. The predicted octanol–water partition coefficient (Wildman–Crippen LogP) is 1.99. The topological polar surface area (TPSA) is 46.0 Å². The number of hydrogen-bond donors (Lipinski definition) is 1. The van der Waals surface area contributed by atoms with Crippen molar-refractivity contribution in [2.24, 2.45) is 0 Å². The van der Waals surface area contributed by atoms with E-state index in [1.165, 1.54) is 36.8 Å². The second-order valence-corrected chi connectivity index (χ2v) is 2.73. The van der Waals surface area contributed by atoms with Crippen LogP contribution in [0.1, 0.15) is 0 Å². The average Bonchev–Trinajstić information content (AvgIpc) is 2.19. The minimum absolute atomic E-state index is 0.106. The molecule has 1 aromatic carbocycles. The first kappa shape index (κ1) is 8.62. The second-order valence-electron chi connectivity index (χ2n) is 2.73. The average molecular weight is 190 g/mol. The zero-order valence-corrected chi connectivity index (χ0v) is 7.18. The Kier molecular flexibility index (Phi) is 2.10. The van der Waals surface area contributed by atoms with E-state index in [9.17, 15) is 9.50 Å². The van der Waals surface area contributed by atoms with Crippen molar-refractivity contribution >= 4 is 0 Å². The van der Waals surface area contributed by atoms with Crippen LogP contribution in [-0.4, -0.2) is 15.1 Å². The Hall–Kier alpha value is -1.97. The van der Waals surface area contributed by atoms with Crippen molar-refractivity contribution in [1.29, 1.82) is 0 Å². The molecule has 0 amide bonds. The molecule has 1 heterocycles. The number of rotatable bonds is 1. The van der Waals surface area contributed by atoms with Crippen LogP contribution in [0.5, 0.6) is 5.75 Å². The molecule has 70 valence electrons. The summed E-state index contributed by atoms with van der Waals surface area (Å²) in [6, 6.07) is 5.67. The van der Waals surface area contributed by atoms with Gasteiger partial charge < -0.3 is 5.11 Å². The summed E-state index contributed by atoms with van der Waals surface area (Å²) in [5.74, 6) is -0.618. The zero-order chi connectivity index (χ0) is 9.97. The third-order valence-electron chi connectivity index (χ3n) is 1.83. The third kappa shape index (κ3) is 1.42. The molecule has 0 radical (unpaired) electrons. The van der Waals surface area contributed by atoms with Gasteiger partial charge in [0.25, 0.3) is 0 Å². The van der Waals surface area contributed by atoms with E-state index in [-0.39, 0.29) is 11.3 Å². The first-order chi connectivity index (χ1) is 6.79. The van der Waals surface area contributed by atoms with Gasteiger partial charge >= 0.3 is 0 Å². The van der Waals surface area contributed by atoms with Crippen LogP contribution in [0.3, 0.4) is 0 Å². The van der Waals surface area contributed by atoms with Gasteiger partial charge in [-0.15, -0.1) is 0 Å². The highest BCUT2D eigenvalue weighted by molar-refractivity contribution is 5.66. The standard InChI is InChI=1S/C10H7FN2O/c11-7-2-1-3-9(14)10(7)8-4-5-12-6-13-8/h1-6,14H. The summed E-state index contributed by atoms with van der Waals surface area (Å²) in [5, 5.41) is 9.44. The van der Waals surface area contributed by atoms with E-state index in [0.29, 0.717) is 5.69 Å². The fourth-order valence-corrected chi connectivity index (χ4v) is 1.20. The Bertz CT molecular complexity index is 425. The molecule has 0 aliphatic rings. The first-order valence-electron chi connectivity index (χ1n) is 4.03. The van der Waals surface area contributed by atoms with Crippen LogP contribution in [0, 0.1) is 5.82 Å². The number of benzene rings is 1. The largest absolute Gasteiger partial charge is 0.507 e. The van der Waals surface area contributed by atoms with Crippen LogP contribution in [0.2, 0.25) is 0 Å². The number of aromatic nitrogens is 2. The molecular formula is C10H7FN2O. The maximum atomic E-state index is 13.3. The third-order valence-corrected chi connectivity index (χ3v) is 1.83. The van der Waals surface area contributed by atoms with Crippen LogP contribution in [0.15, 0.2) is 36.8 Å². The molecule has 4 heteroatoms. The van der Waals surface area contributed by atoms with E-state index in [0.717, 1.165) is 0 Å². The van der Waals surface area contributed by atoms with Gasteiger partial charge in [0.05, 0.1) is 11.3 Å². The Morgan fingerprint density at radius 1 is 1.21 bits per heavy atom. The Morgan fingerprint density at radius 3 is 2.71 bits per heavy atom. The second kappa shape index (κ2) is 3.41. The predicted molar refractivity (Wildman–Crippen MR) is 49.1 cm³/mol. The van der Waals surface area contributed by atoms with E-state index in [1.54, 1.807) is 0 Å². The summed E-state index contributed by atoms with van der Waals surface area (Å²) in [5.41, 5.74) is 0.477. The number of aromatic hydroxyl groups is 1. The Morgan fingerprint density at radius 2 is 2.07 bits per heavy atom. The molecule has 0 unspecified atom stereocenters. The molecule has 2 rings (SSSR count). The number of hydrogen-bond acceptors (Lipinski definition) is 3. The highest BCUT2D eigenvalue weighted by Gasteiger charge is 2.10. The lowest BCUT2D eigenvalue weighted by Crippen LogP contribution is -1.88. The highest BCUT2D eigenvalue weighted by Crippen LogP contribution is 2.29. The van der Waals surface area contributed by atoms with Gasteiger partial charge in [0.15, 0.2) is 0 Å². The van der Waals surface area contributed by atoms with Crippen LogP contribution in [0.4, 0.5) is 4.39 Å². The van der Waals surface area contributed by atoms with Gasteiger partial charge in [-0.3, -0.25) is 0 Å². The zero-order valence-electron chi connectivity index (χ0n) is 7.18. The van der Waals surface area contributed by atoms with Gasteiger partial charge in [0.2, 0.25) is 0 Å². The van der Waals surface area contributed by atoms with Gasteiger partial charge in [-0.2, -0.15) is 0 Å². The summed E-state index contributed by atoms with van der Waals surface area (Å²) in [6.45, 7) is 0. The SMILES string of the molecule is Oc1cccc(F)c1-c1ccncn1. The monoisotopic (exact) mass is 190 g/mol. The maximum absolute atomic E-state index is 13.3. The van der Waals surface area contributed by atoms with E-state index >= 15 is 0 Å². The lowest BCUT2D eigenvalue weighted by molar-refractivity contribution is 0.471. The molecule has 0 atom stereocenters. The van der Waals surface area contributed by atoms with E-state index in [1.807, 2.05) is 0 Å². The molecule has 0 bridgehead atoms. The van der Waals surface area contributed by atoms with E-state index in [2.05, 4.69) is 9.97 Å². The molecule has 14 heavy (non-hydrogen) atoms. The molecule has 2 aromatic rings. The van der Waals surface area contributed by atoms with Gasteiger partial charge in [-0.1, -0.05) is 6.07 Å². The van der Waals surface area contributed by atoms with Crippen molar-refractivity contribution in [2.75, 3.05) is 0 Å². The van der Waals surface area contributed by atoms with Crippen molar-refractivity contribution in [3.8, 4) is 17.0 Å². The normalized spacial score (nSPS) is 10.1. The van der Waals surface area contributed by atoms with Crippen LogP contribution >= 0.6 is 0 Å². The number of nitrogens with zero attached hydrogens (tertiary/aromatic N) is 2. The lowest BCUT2D eigenvalue weighted by Gasteiger charge is -2.03. The number of phenols is 1. The summed E-state index contributed by atoms with van der Waals surface area (Å²) in [4.78, 5) is 7.57. The van der Waals surface area contributed by atoms with Crippen molar-refractivity contribution in [3.63, 3.8) is 0 Å². The van der Waals surface area contributed by atoms with E-state index in [4.69, 9.17) is 0 Å². The van der Waals surface area contributed by atoms with Gasteiger partial charge in [-0.25, -0.2) is 14.4 Å². The molecule has 0 spiro atoms. The van der Waals surface area contributed by atoms with Crippen molar-refractivity contribution in [1.82, 2.24) is 9.97 Å². The summed E-state index contributed by atoms with van der Waals surface area (Å²) in [6.07, 6.45) is 2.80. The molecule has 1 aromatic heterocycles. The smallest absolute Gasteiger partial charge is 0.136 e. The highest BCUT2D eigenvalue weighted by atomic mass is 19.1. The molecule has 3 nitrogen and oxygen atoms in total. The molecule has 0 aliphatic heterocycles. The summed E-state index contributed by atoms with van der Waals surface area (Å²) < 4.78 is 13.3. The summed E-state index contributed by atoms with van der Waals surface area (Å²) >= 11 is 0. The Balaban J connectivity index is 2.63. The van der Waals surface area contributed by atoms with Crippen molar-refractivity contribution in [2.45, 2.75) is 0 Å². The minimum Gasteiger partial charge on any atom is -0.507 e. The molecule has 0 aliphatic carbocycles. The summed E-state index contributed by atoms with van der Waals surface area (Å²) in [7, 11) is 0.